The minimum Gasteiger partial charge on any atom is -0.480 e. The maximum absolute atomic E-state index is 11.2. The number of aryl methyl sites for hydroxylation is 1. The molecule has 0 aliphatic heterocycles. The Morgan fingerprint density at radius 3 is 2.69 bits per heavy atom. The molecular weight excluding hydrogens is 220 g/mol. The Hall–Kier alpha value is -2.23. The SMILES string of the molecule is Cn1nnc(NC(=O)NC(CO)C(=O)O)n1. The summed E-state index contributed by atoms with van der Waals surface area (Å²) < 4.78 is 0. The van der Waals surface area contributed by atoms with E-state index < -0.39 is 24.6 Å². The number of tetrazole rings is 1. The first-order chi connectivity index (χ1) is 7.52. The molecule has 1 rings (SSSR count). The van der Waals surface area contributed by atoms with Gasteiger partial charge in [0.2, 0.25) is 0 Å². The van der Waals surface area contributed by atoms with E-state index in [1.165, 1.54) is 7.05 Å². The number of rotatable bonds is 4. The molecule has 1 heterocycles. The van der Waals surface area contributed by atoms with Gasteiger partial charge in [-0.3, -0.25) is 5.32 Å². The standard InChI is InChI=1S/C6H10N6O4/c1-12-10-5(9-11-12)8-6(16)7-3(2-13)4(14)15/h3,13H,2H2,1H3,(H,14,15)(H2,7,8,10,16). The molecule has 1 atom stereocenters. The summed E-state index contributed by atoms with van der Waals surface area (Å²) in [6.07, 6.45) is 0. The van der Waals surface area contributed by atoms with Crippen LogP contribution in [0.25, 0.3) is 0 Å². The molecule has 0 aliphatic carbocycles. The van der Waals surface area contributed by atoms with Crippen molar-refractivity contribution in [1.29, 1.82) is 0 Å². The quantitative estimate of drug-likeness (QED) is 0.458. The number of aliphatic hydroxyl groups excluding tert-OH is 1. The average Bonchev–Trinajstić information content (AvgIpc) is 2.60. The predicted molar refractivity (Wildman–Crippen MR) is 49.5 cm³/mol. The van der Waals surface area contributed by atoms with E-state index in [9.17, 15) is 9.59 Å². The van der Waals surface area contributed by atoms with E-state index in [0.29, 0.717) is 0 Å². The van der Waals surface area contributed by atoms with Gasteiger partial charge in [0.1, 0.15) is 0 Å². The molecule has 0 saturated heterocycles. The summed E-state index contributed by atoms with van der Waals surface area (Å²) in [5, 5.41) is 31.9. The lowest BCUT2D eigenvalue weighted by atomic mass is 10.3. The third-order valence-corrected chi connectivity index (χ3v) is 1.52. The highest BCUT2D eigenvalue weighted by Crippen LogP contribution is 1.92. The van der Waals surface area contributed by atoms with E-state index in [2.05, 4.69) is 20.7 Å². The molecule has 0 bridgehead atoms. The molecule has 4 N–H and O–H groups in total. The van der Waals surface area contributed by atoms with Gasteiger partial charge < -0.3 is 15.5 Å². The third-order valence-electron chi connectivity index (χ3n) is 1.52. The van der Waals surface area contributed by atoms with Gasteiger partial charge in [-0.15, -0.1) is 5.10 Å². The van der Waals surface area contributed by atoms with Gasteiger partial charge in [0.15, 0.2) is 6.04 Å². The molecule has 0 saturated carbocycles. The Kier molecular flexibility index (Phi) is 3.72. The van der Waals surface area contributed by atoms with Crippen molar-refractivity contribution in [3.8, 4) is 0 Å². The lowest BCUT2D eigenvalue weighted by Gasteiger charge is -2.10. The normalized spacial score (nSPS) is 11.9. The van der Waals surface area contributed by atoms with Crippen LogP contribution in [0.15, 0.2) is 0 Å². The Balaban J connectivity index is 2.50. The summed E-state index contributed by atoms with van der Waals surface area (Å²) in [6.45, 7) is -0.712. The summed E-state index contributed by atoms with van der Waals surface area (Å²) in [6, 6.07) is -2.22. The monoisotopic (exact) mass is 230 g/mol. The zero-order chi connectivity index (χ0) is 12.1. The number of carbonyl (C=O) groups is 2. The Morgan fingerprint density at radius 1 is 1.56 bits per heavy atom. The first-order valence-corrected chi connectivity index (χ1v) is 4.18. The largest absolute Gasteiger partial charge is 0.480 e. The molecule has 0 aliphatic rings. The molecule has 1 aromatic rings. The number of nitrogens with zero attached hydrogens (tertiary/aromatic N) is 4. The zero-order valence-corrected chi connectivity index (χ0v) is 8.28. The van der Waals surface area contributed by atoms with Crippen LogP contribution in [0.4, 0.5) is 10.7 Å². The van der Waals surface area contributed by atoms with Crippen molar-refractivity contribution < 1.29 is 19.8 Å². The van der Waals surface area contributed by atoms with Crippen LogP contribution < -0.4 is 10.6 Å². The second kappa shape index (κ2) is 5.02. The Labute approximate surface area is 89.3 Å². The molecule has 10 nitrogen and oxygen atoms in total. The minimum atomic E-state index is -1.38. The number of carboxylic acids is 1. The number of anilines is 1. The highest BCUT2D eigenvalue weighted by molar-refractivity contribution is 5.90. The van der Waals surface area contributed by atoms with Gasteiger partial charge in [-0.05, 0) is 5.21 Å². The lowest BCUT2D eigenvalue weighted by molar-refractivity contribution is -0.140. The fraction of sp³-hybridized carbons (Fsp3) is 0.500. The number of aliphatic hydroxyl groups is 1. The fourth-order valence-electron chi connectivity index (χ4n) is 0.816. The first-order valence-electron chi connectivity index (χ1n) is 4.18. The molecule has 0 spiro atoms. The summed E-state index contributed by atoms with van der Waals surface area (Å²) in [5.41, 5.74) is 0. The molecule has 0 radical (unpaired) electrons. The fourth-order valence-corrected chi connectivity index (χ4v) is 0.816. The zero-order valence-electron chi connectivity index (χ0n) is 8.28. The summed E-state index contributed by atoms with van der Waals surface area (Å²) in [5.74, 6) is -1.41. The highest BCUT2D eigenvalue weighted by atomic mass is 16.4. The van der Waals surface area contributed by atoms with Crippen molar-refractivity contribution in [2.24, 2.45) is 7.05 Å². The van der Waals surface area contributed by atoms with Crippen LogP contribution in [0, 0.1) is 0 Å². The molecular formula is C6H10N6O4. The lowest BCUT2D eigenvalue weighted by Crippen LogP contribution is -2.45. The third kappa shape index (κ3) is 3.16. The van der Waals surface area contributed by atoms with E-state index in [-0.39, 0.29) is 5.95 Å². The van der Waals surface area contributed by atoms with Gasteiger partial charge in [-0.25, -0.2) is 9.59 Å². The van der Waals surface area contributed by atoms with Crippen LogP contribution in [-0.4, -0.2) is 55.1 Å². The first kappa shape index (κ1) is 11.8. The van der Waals surface area contributed by atoms with Gasteiger partial charge in [0.05, 0.1) is 13.7 Å². The van der Waals surface area contributed by atoms with Crippen molar-refractivity contribution >= 4 is 17.9 Å². The number of hydrogen-bond acceptors (Lipinski definition) is 6. The smallest absolute Gasteiger partial charge is 0.328 e. The summed E-state index contributed by atoms with van der Waals surface area (Å²) in [4.78, 5) is 22.8. The predicted octanol–water partition coefficient (Wildman–Crippen LogP) is -2.22. The van der Waals surface area contributed by atoms with Crippen molar-refractivity contribution in [3.05, 3.63) is 0 Å². The molecule has 0 fully saturated rings. The van der Waals surface area contributed by atoms with Crippen molar-refractivity contribution in [3.63, 3.8) is 0 Å². The topological polar surface area (TPSA) is 142 Å². The highest BCUT2D eigenvalue weighted by Gasteiger charge is 2.19. The van der Waals surface area contributed by atoms with Crippen LogP contribution >= 0.6 is 0 Å². The molecule has 0 aromatic carbocycles. The van der Waals surface area contributed by atoms with E-state index in [1.54, 1.807) is 0 Å². The van der Waals surface area contributed by atoms with E-state index in [1.807, 2.05) is 5.32 Å². The van der Waals surface area contributed by atoms with Gasteiger partial charge in [-0.2, -0.15) is 4.80 Å². The Bertz CT molecular complexity index is 390. The molecule has 88 valence electrons. The number of aromatic nitrogens is 4. The summed E-state index contributed by atoms with van der Waals surface area (Å²) >= 11 is 0. The van der Waals surface area contributed by atoms with Gasteiger partial charge >= 0.3 is 12.0 Å². The molecule has 10 heteroatoms. The molecule has 1 unspecified atom stereocenters. The number of carbonyl (C=O) groups excluding carboxylic acids is 1. The molecule has 2 amide bonds. The number of carboxylic acid groups (broad SMARTS) is 1. The number of aliphatic carboxylic acids is 1. The minimum absolute atomic E-state index is 0.0675. The van der Waals surface area contributed by atoms with E-state index in [4.69, 9.17) is 10.2 Å². The number of urea groups is 1. The van der Waals surface area contributed by atoms with E-state index >= 15 is 0 Å². The van der Waals surface area contributed by atoms with E-state index in [0.717, 1.165) is 4.80 Å². The number of hydrogen-bond donors (Lipinski definition) is 4. The maximum atomic E-state index is 11.2. The van der Waals surface area contributed by atoms with Gasteiger partial charge in [0.25, 0.3) is 5.95 Å². The van der Waals surface area contributed by atoms with Crippen LogP contribution in [-0.2, 0) is 11.8 Å². The van der Waals surface area contributed by atoms with Crippen LogP contribution in [0.5, 0.6) is 0 Å². The molecule has 1 aromatic heterocycles. The molecule has 16 heavy (non-hydrogen) atoms. The number of amides is 2. The second-order valence-corrected chi connectivity index (χ2v) is 2.77. The maximum Gasteiger partial charge on any atom is 0.328 e. The average molecular weight is 230 g/mol. The number of nitrogens with one attached hydrogen (secondary N) is 2. The van der Waals surface area contributed by atoms with Crippen molar-refractivity contribution in [2.45, 2.75) is 6.04 Å². The van der Waals surface area contributed by atoms with Crippen molar-refractivity contribution in [2.75, 3.05) is 11.9 Å². The van der Waals surface area contributed by atoms with Crippen LogP contribution in [0.3, 0.4) is 0 Å². The van der Waals surface area contributed by atoms with Crippen molar-refractivity contribution in [1.82, 2.24) is 25.5 Å². The van der Waals surface area contributed by atoms with Gasteiger partial charge in [-0.1, -0.05) is 5.10 Å². The Morgan fingerprint density at radius 2 is 2.25 bits per heavy atom. The van der Waals surface area contributed by atoms with Crippen LogP contribution in [0.2, 0.25) is 0 Å². The summed E-state index contributed by atoms with van der Waals surface area (Å²) in [7, 11) is 1.50. The second-order valence-electron chi connectivity index (χ2n) is 2.77. The van der Waals surface area contributed by atoms with Crippen LogP contribution in [0.1, 0.15) is 0 Å². The van der Waals surface area contributed by atoms with Gasteiger partial charge in [0, 0.05) is 0 Å².